The van der Waals surface area contributed by atoms with Crippen molar-refractivity contribution in [3.05, 3.63) is 24.3 Å². The van der Waals surface area contributed by atoms with Crippen LogP contribution in [-0.4, -0.2) is 54.3 Å². The number of nitrogens with one attached hydrogen (secondary N) is 1. The standard InChI is InChI=1S/C25H36N4O4S/c1-22(2,13-27-20(30)24-10-25(26,11-24)12-24)14-31-15-23(3,4)16-32-18-8-6-17(7-9-18)19-28-29-21(33-19)34-5/h6-9H,10-16,26H2,1-5H3,(H,27,30). The van der Waals surface area contributed by atoms with Crippen LogP contribution in [0.1, 0.15) is 47.0 Å². The number of aromatic nitrogens is 2. The molecule has 5 rings (SSSR count). The van der Waals surface area contributed by atoms with E-state index in [4.69, 9.17) is 19.6 Å². The van der Waals surface area contributed by atoms with Gasteiger partial charge >= 0.3 is 0 Å². The molecule has 2 bridgehead atoms. The number of thioether (sulfide) groups is 1. The van der Waals surface area contributed by atoms with Crippen LogP contribution in [-0.2, 0) is 9.53 Å². The molecule has 34 heavy (non-hydrogen) atoms. The van der Waals surface area contributed by atoms with Gasteiger partial charge in [0, 0.05) is 28.5 Å². The summed E-state index contributed by atoms with van der Waals surface area (Å²) in [5.74, 6) is 1.42. The summed E-state index contributed by atoms with van der Waals surface area (Å²) in [6.07, 6.45) is 4.38. The van der Waals surface area contributed by atoms with Gasteiger partial charge in [0.05, 0.1) is 25.2 Å². The third-order valence-corrected chi connectivity index (χ3v) is 7.09. The third kappa shape index (κ3) is 5.58. The Bertz CT molecular complexity index is 998. The van der Waals surface area contributed by atoms with Gasteiger partial charge in [0.15, 0.2) is 0 Å². The molecule has 3 saturated carbocycles. The smallest absolute Gasteiger partial charge is 0.276 e. The van der Waals surface area contributed by atoms with E-state index in [1.54, 1.807) is 0 Å². The first kappa shape index (κ1) is 25.0. The van der Waals surface area contributed by atoms with Crippen LogP contribution in [0.2, 0.25) is 0 Å². The molecule has 3 N–H and O–H groups in total. The second kappa shape index (κ2) is 9.17. The van der Waals surface area contributed by atoms with E-state index in [-0.39, 0.29) is 27.7 Å². The van der Waals surface area contributed by atoms with Crippen LogP contribution in [0.3, 0.4) is 0 Å². The highest BCUT2D eigenvalue weighted by Crippen LogP contribution is 2.65. The summed E-state index contributed by atoms with van der Waals surface area (Å²) < 4.78 is 17.6. The van der Waals surface area contributed by atoms with Gasteiger partial charge in [-0.15, -0.1) is 10.2 Å². The minimum atomic E-state index is -0.188. The molecular weight excluding hydrogens is 452 g/mol. The van der Waals surface area contributed by atoms with Crippen molar-refractivity contribution in [2.24, 2.45) is 22.0 Å². The highest BCUT2D eigenvalue weighted by atomic mass is 32.2. The summed E-state index contributed by atoms with van der Waals surface area (Å²) in [5, 5.41) is 11.7. The Kier molecular flexibility index (Phi) is 6.74. The predicted octanol–water partition coefficient (Wildman–Crippen LogP) is 3.90. The van der Waals surface area contributed by atoms with Crippen LogP contribution < -0.4 is 15.8 Å². The number of benzene rings is 1. The van der Waals surface area contributed by atoms with Crippen LogP contribution in [0, 0.1) is 16.2 Å². The molecule has 3 aliphatic carbocycles. The number of nitrogens with zero attached hydrogens (tertiary/aromatic N) is 2. The molecule has 1 amide bonds. The lowest BCUT2D eigenvalue weighted by molar-refractivity contribution is -0.172. The highest BCUT2D eigenvalue weighted by molar-refractivity contribution is 7.98. The monoisotopic (exact) mass is 488 g/mol. The Morgan fingerprint density at radius 2 is 1.74 bits per heavy atom. The summed E-state index contributed by atoms with van der Waals surface area (Å²) in [7, 11) is 0. The van der Waals surface area contributed by atoms with Crippen LogP contribution in [0.5, 0.6) is 5.75 Å². The number of nitrogens with two attached hydrogens (primary N) is 1. The quantitative estimate of drug-likeness (QED) is 0.433. The number of hydrogen-bond acceptors (Lipinski definition) is 8. The third-order valence-electron chi connectivity index (χ3n) is 6.58. The molecule has 0 saturated heterocycles. The number of carbonyl (C=O) groups excluding carboxylic acids is 1. The van der Waals surface area contributed by atoms with Crippen LogP contribution in [0.25, 0.3) is 11.5 Å². The molecule has 8 nitrogen and oxygen atoms in total. The molecule has 186 valence electrons. The average molecular weight is 489 g/mol. The summed E-state index contributed by atoms with van der Waals surface area (Å²) in [5.41, 5.74) is 6.36. The number of amides is 1. The van der Waals surface area contributed by atoms with E-state index in [2.05, 4.69) is 43.2 Å². The van der Waals surface area contributed by atoms with E-state index in [1.807, 2.05) is 30.5 Å². The van der Waals surface area contributed by atoms with Crippen molar-refractivity contribution in [3.8, 4) is 17.2 Å². The van der Waals surface area contributed by atoms with E-state index < -0.39 is 0 Å². The molecular formula is C25H36N4O4S. The zero-order chi connectivity index (χ0) is 24.6. The van der Waals surface area contributed by atoms with Crippen molar-refractivity contribution in [2.75, 3.05) is 32.6 Å². The van der Waals surface area contributed by atoms with E-state index in [0.717, 1.165) is 30.6 Å². The fraction of sp³-hybridized carbons (Fsp3) is 0.640. The molecule has 3 fully saturated rings. The second-order valence-electron chi connectivity index (χ2n) is 11.6. The zero-order valence-corrected chi connectivity index (χ0v) is 21.6. The Morgan fingerprint density at radius 3 is 2.32 bits per heavy atom. The molecule has 0 unspecified atom stereocenters. The minimum Gasteiger partial charge on any atom is -0.493 e. The van der Waals surface area contributed by atoms with Crippen molar-refractivity contribution in [1.82, 2.24) is 15.5 Å². The Balaban J connectivity index is 1.17. The van der Waals surface area contributed by atoms with Gasteiger partial charge in [-0.3, -0.25) is 4.79 Å². The van der Waals surface area contributed by atoms with Gasteiger partial charge in [0.2, 0.25) is 11.8 Å². The lowest BCUT2D eigenvalue weighted by Crippen LogP contribution is -2.76. The van der Waals surface area contributed by atoms with Crippen LogP contribution in [0.4, 0.5) is 0 Å². The molecule has 1 heterocycles. The van der Waals surface area contributed by atoms with Crippen LogP contribution in [0.15, 0.2) is 33.9 Å². The molecule has 1 aromatic carbocycles. The number of hydrogen-bond donors (Lipinski definition) is 2. The number of ether oxygens (including phenoxy) is 2. The summed E-state index contributed by atoms with van der Waals surface area (Å²) in [6.45, 7) is 10.7. The Hall–Kier alpha value is -2.10. The first-order valence-electron chi connectivity index (χ1n) is 11.7. The molecule has 0 aliphatic heterocycles. The number of carbonyl (C=O) groups is 1. The molecule has 9 heteroatoms. The van der Waals surface area contributed by atoms with Gasteiger partial charge in [0.1, 0.15) is 5.75 Å². The lowest BCUT2D eigenvalue weighted by Gasteiger charge is -2.67. The molecule has 3 aliphatic rings. The molecule has 0 radical (unpaired) electrons. The average Bonchev–Trinajstić information content (AvgIpc) is 3.23. The van der Waals surface area contributed by atoms with Gasteiger partial charge < -0.3 is 24.9 Å². The van der Waals surface area contributed by atoms with E-state index >= 15 is 0 Å². The molecule has 0 atom stereocenters. The van der Waals surface area contributed by atoms with Gasteiger partial charge in [-0.1, -0.05) is 39.5 Å². The van der Waals surface area contributed by atoms with Crippen LogP contribution >= 0.6 is 11.8 Å². The highest BCUT2D eigenvalue weighted by Gasteiger charge is 2.69. The molecule has 2 aromatic rings. The van der Waals surface area contributed by atoms with Gasteiger partial charge in [-0.05, 0) is 49.8 Å². The SMILES string of the molecule is CSc1nnc(-c2ccc(OCC(C)(C)COCC(C)(C)CNC(=O)C34CC(N)(C3)C4)cc2)o1. The maximum absolute atomic E-state index is 12.5. The zero-order valence-electron chi connectivity index (χ0n) is 20.8. The first-order valence-corrected chi connectivity index (χ1v) is 12.9. The summed E-state index contributed by atoms with van der Waals surface area (Å²) in [4.78, 5) is 12.5. The summed E-state index contributed by atoms with van der Waals surface area (Å²) >= 11 is 1.42. The van der Waals surface area contributed by atoms with Crippen molar-refractivity contribution in [3.63, 3.8) is 0 Å². The fourth-order valence-electron chi connectivity index (χ4n) is 4.69. The fourth-order valence-corrected chi connectivity index (χ4v) is 4.98. The number of rotatable bonds is 12. The normalized spacial score (nSPS) is 23.7. The van der Waals surface area contributed by atoms with E-state index in [9.17, 15) is 4.79 Å². The predicted molar refractivity (Wildman–Crippen MR) is 132 cm³/mol. The van der Waals surface area contributed by atoms with Gasteiger partial charge in [0.25, 0.3) is 5.22 Å². The van der Waals surface area contributed by atoms with Crippen molar-refractivity contribution in [1.29, 1.82) is 0 Å². The minimum absolute atomic E-state index is 0.0578. The topological polar surface area (TPSA) is 112 Å². The lowest BCUT2D eigenvalue weighted by atomic mass is 9.39. The first-order chi connectivity index (χ1) is 15.9. The molecule has 0 spiro atoms. The van der Waals surface area contributed by atoms with Crippen molar-refractivity contribution < 1.29 is 18.7 Å². The van der Waals surface area contributed by atoms with Gasteiger partial charge in [-0.25, -0.2) is 0 Å². The maximum Gasteiger partial charge on any atom is 0.276 e. The van der Waals surface area contributed by atoms with Gasteiger partial charge in [-0.2, -0.15) is 0 Å². The van der Waals surface area contributed by atoms with Crippen molar-refractivity contribution >= 4 is 17.7 Å². The Morgan fingerprint density at radius 1 is 1.09 bits per heavy atom. The van der Waals surface area contributed by atoms with E-state index in [1.165, 1.54) is 11.8 Å². The maximum atomic E-state index is 12.5. The van der Waals surface area contributed by atoms with Crippen molar-refractivity contribution in [2.45, 2.75) is 57.7 Å². The Labute approximate surface area is 205 Å². The summed E-state index contributed by atoms with van der Waals surface area (Å²) in [6, 6.07) is 7.62. The van der Waals surface area contributed by atoms with E-state index in [0.29, 0.717) is 37.5 Å². The largest absolute Gasteiger partial charge is 0.493 e. The molecule has 1 aromatic heterocycles. The second-order valence-corrected chi connectivity index (χ2v) is 12.3.